The summed E-state index contributed by atoms with van der Waals surface area (Å²) in [4.78, 5) is 98.8. The van der Waals surface area contributed by atoms with Gasteiger partial charge in [0.1, 0.15) is 23.7 Å². The highest BCUT2D eigenvalue weighted by Gasteiger charge is 2.51. The number of carbonyl (C=O) groups excluding carboxylic acids is 8. The minimum absolute atomic E-state index is 0.00718. The first-order valence-corrected chi connectivity index (χ1v) is 22.7. The van der Waals surface area contributed by atoms with Crippen LogP contribution in [0.5, 0.6) is 34.5 Å². The third kappa shape index (κ3) is 15.6. The molecule has 4 aromatic rings. The maximum atomic E-state index is 13.2. The lowest BCUT2D eigenvalue weighted by atomic mass is 10.1. The van der Waals surface area contributed by atoms with Crippen molar-refractivity contribution in [3.8, 4) is 34.5 Å². The van der Waals surface area contributed by atoms with Gasteiger partial charge in [-0.05, 0) is 111 Å². The predicted octanol–water partition coefficient (Wildman–Crippen LogP) is 6.74. The van der Waals surface area contributed by atoms with Gasteiger partial charge >= 0.3 is 48.1 Å². The van der Waals surface area contributed by atoms with E-state index in [2.05, 4.69) is 13.2 Å². The van der Waals surface area contributed by atoms with E-state index in [1.165, 1.54) is 99.1 Å². The molecule has 2 aliphatic rings. The van der Waals surface area contributed by atoms with Crippen molar-refractivity contribution in [2.45, 2.75) is 50.1 Å². The van der Waals surface area contributed by atoms with Crippen LogP contribution in [0.3, 0.4) is 0 Å². The molecule has 0 bridgehead atoms. The van der Waals surface area contributed by atoms with Crippen molar-refractivity contribution in [1.29, 1.82) is 0 Å². The Morgan fingerprint density at radius 1 is 0.459 bits per heavy atom. The van der Waals surface area contributed by atoms with Crippen LogP contribution in [0.25, 0.3) is 0 Å². The first kappa shape index (κ1) is 54.6. The molecule has 6 rings (SSSR count). The monoisotopic (exact) mass is 1030 g/mol. The molecule has 0 saturated carbocycles. The molecule has 74 heavy (non-hydrogen) atoms. The number of carbonyl (C=O) groups is 8. The van der Waals surface area contributed by atoms with E-state index >= 15 is 0 Å². The first-order valence-electron chi connectivity index (χ1n) is 22.7. The Labute approximate surface area is 422 Å². The van der Waals surface area contributed by atoms with E-state index in [1.807, 2.05) is 0 Å². The molecule has 390 valence electrons. The molecule has 0 aliphatic carbocycles. The van der Waals surface area contributed by atoms with E-state index in [4.69, 9.17) is 66.3 Å². The molecule has 0 aromatic heterocycles. The van der Waals surface area contributed by atoms with E-state index < -0.39 is 72.5 Å². The number of ether oxygens (including phenoxy) is 14. The molecule has 0 unspecified atom stereocenters. The molecule has 2 heterocycles. The summed E-state index contributed by atoms with van der Waals surface area (Å²) in [6, 6.07) is 19.1. The second-order valence-electron chi connectivity index (χ2n) is 15.6. The van der Waals surface area contributed by atoms with Gasteiger partial charge in [-0.3, -0.25) is 0 Å². The van der Waals surface area contributed by atoms with Gasteiger partial charge < -0.3 is 66.3 Å². The summed E-state index contributed by atoms with van der Waals surface area (Å²) in [5.74, 6) is -3.81. The molecule has 0 N–H and O–H groups in total. The Kier molecular flexibility index (Phi) is 20.0. The maximum absolute atomic E-state index is 13.2. The number of fused-ring (bicyclic) bond motifs is 1. The van der Waals surface area contributed by atoms with E-state index in [0.717, 1.165) is 12.2 Å². The minimum atomic E-state index is -1.01. The number of methoxy groups -OCH3 is 2. The zero-order valence-corrected chi connectivity index (χ0v) is 40.0. The Bertz CT molecular complexity index is 2490. The van der Waals surface area contributed by atoms with Gasteiger partial charge in [-0.2, -0.15) is 0 Å². The number of hydrogen-bond donors (Lipinski definition) is 0. The van der Waals surface area contributed by atoms with Crippen LogP contribution in [0.1, 0.15) is 67.1 Å². The van der Waals surface area contributed by atoms with E-state index in [-0.39, 0.29) is 96.4 Å². The van der Waals surface area contributed by atoms with Crippen LogP contribution in [0.15, 0.2) is 110 Å². The van der Waals surface area contributed by atoms with Crippen molar-refractivity contribution in [3.05, 3.63) is 132 Å². The normalized spacial score (nSPS) is 16.2. The van der Waals surface area contributed by atoms with Crippen molar-refractivity contribution in [3.63, 3.8) is 0 Å². The lowest BCUT2D eigenvalue weighted by molar-refractivity contribution is -0.138. The highest BCUT2D eigenvalue weighted by molar-refractivity contribution is 5.94. The molecule has 4 atom stereocenters. The molecule has 0 spiro atoms. The third-order valence-electron chi connectivity index (χ3n) is 10.6. The topological polar surface area (TPSA) is 266 Å². The van der Waals surface area contributed by atoms with Gasteiger partial charge in [0.25, 0.3) is 0 Å². The fourth-order valence-corrected chi connectivity index (χ4v) is 6.87. The van der Waals surface area contributed by atoms with Gasteiger partial charge in [0.05, 0.1) is 76.1 Å². The van der Waals surface area contributed by atoms with E-state index in [9.17, 15) is 38.4 Å². The number of rotatable bonds is 24. The average Bonchev–Trinajstić information content (AvgIpc) is 4.00. The summed E-state index contributed by atoms with van der Waals surface area (Å²) in [6.07, 6.45) is -1.35. The predicted molar refractivity (Wildman–Crippen MR) is 251 cm³/mol. The van der Waals surface area contributed by atoms with E-state index in [0.29, 0.717) is 25.7 Å². The van der Waals surface area contributed by atoms with Gasteiger partial charge in [-0.25, -0.2) is 38.4 Å². The van der Waals surface area contributed by atoms with Gasteiger partial charge in [-0.1, -0.05) is 13.2 Å². The van der Waals surface area contributed by atoms with Crippen molar-refractivity contribution in [1.82, 2.24) is 0 Å². The second kappa shape index (κ2) is 27.2. The van der Waals surface area contributed by atoms with Gasteiger partial charge in [-0.15, -0.1) is 0 Å². The fourth-order valence-electron chi connectivity index (χ4n) is 6.87. The third-order valence-corrected chi connectivity index (χ3v) is 10.6. The smallest absolute Gasteiger partial charge is 0.493 e. The molecule has 22 nitrogen and oxygen atoms in total. The van der Waals surface area contributed by atoms with Crippen LogP contribution < -0.4 is 28.4 Å². The fraction of sp³-hybridized carbons (Fsp3) is 0.308. The van der Waals surface area contributed by atoms with Gasteiger partial charge in [0.15, 0.2) is 35.2 Å². The lowest BCUT2D eigenvalue weighted by Crippen LogP contribution is -2.36. The number of esters is 6. The SMILES string of the molecule is C=CC(=O)OCCCCOC(=O)Oc1ccc(C(=O)Oc2ccc(C(=O)O[C@H]3CO[C@H]4[C@@H]3OC[C@H]4OC(=O)c3ccc(OC(=O)c4ccc(OC(=O)OCCCCOC(=O)C=C)c(OC)c4)cc3)cc2)cc1OC. The van der Waals surface area contributed by atoms with Crippen LogP contribution in [0.2, 0.25) is 0 Å². The Hall–Kier alpha value is -8.76. The van der Waals surface area contributed by atoms with Gasteiger partial charge in [0.2, 0.25) is 0 Å². The van der Waals surface area contributed by atoms with Crippen LogP contribution in [-0.2, 0) is 47.5 Å². The maximum Gasteiger partial charge on any atom is 0.513 e. The number of hydrogen-bond acceptors (Lipinski definition) is 22. The quantitative estimate of drug-likeness (QED) is 0.0176. The molecule has 0 amide bonds. The second-order valence-corrected chi connectivity index (χ2v) is 15.6. The van der Waals surface area contributed by atoms with Crippen molar-refractivity contribution >= 4 is 48.1 Å². The zero-order valence-electron chi connectivity index (χ0n) is 40.0. The lowest BCUT2D eigenvalue weighted by Gasteiger charge is -2.17. The van der Waals surface area contributed by atoms with Crippen LogP contribution in [0, 0.1) is 0 Å². The molecular weight excluding hydrogens is 977 g/mol. The molecular formula is C52H50O22. The Morgan fingerprint density at radius 2 is 0.811 bits per heavy atom. The summed E-state index contributed by atoms with van der Waals surface area (Å²) < 4.78 is 74.7. The van der Waals surface area contributed by atoms with Crippen molar-refractivity contribution < 1.29 is 105 Å². The summed E-state index contributed by atoms with van der Waals surface area (Å²) in [5, 5.41) is 0. The standard InChI is InChI=1S/C52H50O22/c1-5-43(53)63-23-7-9-25-65-51(59)73-37-21-15-33(27-39(37)61-3)49(57)69-35-17-11-31(12-18-35)47(55)71-41-29-67-46-42(30-68-45(41)46)72-48(56)32-13-19-36(20-14-32)70-50(58)34-16-22-38(40(28-34)62-4)74-52(60)66-26-10-8-24-64-44(54)6-2/h5-6,11-22,27-28,41-42,45-46H,1-2,7-10,23-26,29-30H2,3-4H3/t41-,42+,45-,46-/m1/s1. The molecule has 4 aromatic carbocycles. The molecule has 0 radical (unpaired) electrons. The minimum Gasteiger partial charge on any atom is -0.493 e. The Morgan fingerprint density at radius 3 is 1.16 bits per heavy atom. The molecule has 2 fully saturated rings. The van der Waals surface area contributed by atoms with Crippen LogP contribution in [-0.4, -0.2) is 126 Å². The zero-order chi connectivity index (χ0) is 53.0. The number of benzene rings is 4. The molecule has 22 heteroatoms. The van der Waals surface area contributed by atoms with E-state index in [1.54, 1.807) is 0 Å². The first-order chi connectivity index (χ1) is 35.8. The Balaban J connectivity index is 0.912. The van der Waals surface area contributed by atoms with Crippen LogP contribution in [0.4, 0.5) is 9.59 Å². The summed E-state index contributed by atoms with van der Waals surface area (Å²) >= 11 is 0. The van der Waals surface area contributed by atoms with Crippen LogP contribution >= 0.6 is 0 Å². The highest BCUT2D eigenvalue weighted by atomic mass is 16.7. The van der Waals surface area contributed by atoms with Crippen molar-refractivity contribution in [2.75, 3.05) is 53.9 Å². The summed E-state index contributed by atoms with van der Waals surface area (Å²) in [7, 11) is 2.63. The summed E-state index contributed by atoms with van der Waals surface area (Å²) in [6.45, 7) is 6.83. The van der Waals surface area contributed by atoms with Crippen molar-refractivity contribution in [2.24, 2.45) is 0 Å². The highest BCUT2D eigenvalue weighted by Crippen LogP contribution is 2.33. The number of unbranched alkanes of at least 4 members (excludes halogenated alkanes) is 2. The average molecular weight is 1030 g/mol. The summed E-state index contributed by atoms with van der Waals surface area (Å²) in [5.41, 5.74) is 0.382. The van der Waals surface area contributed by atoms with Gasteiger partial charge in [0, 0.05) is 12.2 Å². The molecule has 2 aliphatic heterocycles. The molecule has 2 saturated heterocycles. The largest absolute Gasteiger partial charge is 0.513 e.